The minimum Gasteiger partial charge on any atom is -0.493 e. The highest BCUT2D eigenvalue weighted by Gasteiger charge is 2.17. The predicted octanol–water partition coefficient (Wildman–Crippen LogP) is 2.68. The molecule has 0 fully saturated rings. The summed E-state index contributed by atoms with van der Waals surface area (Å²) in [6, 6.07) is 7.97. The van der Waals surface area contributed by atoms with Crippen molar-refractivity contribution in [2.45, 2.75) is 39.5 Å². The van der Waals surface area contributed by atoms with E-state index in [9.17, 15) is 8.42 Å². The lowest BCUT2D eigenvalue weighted by Gasteiger charge is -2.23. The molecule has 0 heterocycles. The minimum atomic E-state index is -3.44. The first-order chi connectivity index (χ1) is 9.14. The van der Waals surface area contributed by atoms with Crippen LogP contribution < -0.4 is 9.88 Å². The van der Waals surface area contributed by atoms with Crippen LogP contribution in [0.2, 0.25) is 0 Å². The van der Waals surface area contributed by atoms with E-state index < -0.39 is 10.0 Å². The maximum Gasteiger partial charge on any atom is 0.209 e. The van der Waals surface area contributed by atoms with Crippen LogP contribution in [0.4, 0.5) is 0 Å². The van der Waals surface area contributed by atoms with Crippen LogP contribution in [0.3, 0.4) is 0 Å². The van der Waals surface area contributed by atoms with Gasteiger partial charge in [0.2, 0.25) is 10.0 Å². The molecular weight excluding hydrogens is 274 g/mol. The van der Waals surface area contributed by atoms with Crippen LogP contribution in [-0.4, -0.2) is 20.8 Å². The Hall–Kier alpha value is -1.07. The fourth-order valence-electron chi connectivity index (χ4n) is 1.89. The van der Waals surface area contributed by atoms with Gasteiger partial charge in [0.05, 0.1) is 12.4 Å². The van der Waals surface area contributed by atoms with Crippen molar-refractivity contribution in [3.63, 3.8) is 0 Å². The number of nitrogens with two attached hydrogens (primary N) is 1. The molecule has 0 spiro atoms. The zero-order valence-corrected chi connectivity index (χ0v) is 13.5. The van der Waals surface area contributed by atoms with E-state index in [1.165, 1.54) is 5.56 Å². The molecule has 5 heteroatoms. The van der Waals surface area contributed by atoms with Crippen LogP contribution in [0.1, 0.15) is 39.7 Å². The number of hydrogen-bond acceptors (Lipinski definition) is 3. The first-order valence-electron chi connectivity index (χ1n) is 6.88. The Kier molecular flexibility index (Phi) is 5.59. The zero-order valence-electron chi connectivity index (χ0n) is 12.7. The third-order valence-corrected chi connectivity index (χ3v) is 4.60. The van der Waals surface area contributed by atoms with E-state index in [1.54, 1.807) is 6.92 Å². The summed E-state index contributed by atoms with van der Waals surface area (Å²) in [6.07, 6.45) is 1.07. The van der Waals surface area contributed by atoms with E-state index in [1.807, 2.05) is 12.1 Å². The molecule has 1 atom stereocenters. The highest BCUT2D eigenvalue weighted by molar-refractivity contribution is 7.89. The Morgan fingerprint density at radius 3 is 2.25 bits per heavy atom. The molecule has 1 rings (SSSR count). The molecule has 1 aromatic carbocycles. The van der Waals surface area contributed by atoms with E-state index in [-0.39, 0.29) is 17.1 Å². The minimum absolute atomic E-state index is 0.0616. The second kappa shape index (κ2) is 6.59. The first-order valence-corrected chi connectivity index (χ1v) is 8.59. The summed E-state index contributed by atoms with van der Waals surface area (Å²) >= 11 is 0. The van der Waals surface area contributed by atoms with Crippen molar-refractivity contribution in [3.05, 3.63) is 29.8 Å². The molecule has 0 aliphatic heterocycles. The van der Waals surface area contributed by atoms with Gasteiger partial charge in [-0.25, -0.2) is 13.6 Å². The van der Waals surface area contributed by atoms with Crippen LogP contribution in [0.15, 0.2) is 24.3 Å². The molecule has 0 bridgehead atoms. The standard InChI is InChI=1S/C15H25NO3S/c1-5-15(3,4)13-6-8-14(9-7-13)19-10-12(2)11-20(16,17)18/h6-9,12H,5,10-11H2,1-4H3,(H2,16,17,18). The largest absolute Gasteiger partial charge is 0.493 e. The number of ether oxygens (including phenoxy) is 1. The van der Waals surface area contributed by atoms with Gasteiger partial charge >= 0.3 is 0 Å². The summed E-state index contributed by atoms with van der Waals surface area (Å²) in [7, 11) is -3.44. The molecular formula is C15H25NO3S. The van der Waals surface area contributed by atoms with E-state index >= 15 is 0 Å². The van der Waals surface area contributed by atoms with Gasteiger partial charge in [-0.3, -0.25) is 0 Å². The van der Waals surface area contributed by atoms with Crippen LogP contribution in [0.25, 0.3) is 0 Å². The second-order valence-corrected chi connectivity index (χ2v) is 7.67. The van der Waals surface area contributed by atoms with Gasteiger partial charge in [-0.05, 0) is 29.5 Å². The smallest absolute Gasteiger partial charge is 0.209 e. The van der Waals surface area contributed by atoms with Crippen molar-refractivity contribution in [1.29, 1.82) is 0 Å². The van der Waals surface area contributed by atoms with Gasteiger partial charge in [-0.1, -0.05) is 39.8 Å². The molecule has 0 aliphatic carbocycles. The zero-order chi connectivity index (χ0) is 15.4. The van der Waals surface area contributed by atoms with Gasteiger partial charge in [0, 0.05) is 5.92 Å². The number of hydrogen-bond donors (Lipinski definition) is 1. The fraction of sp³-hybridized carbons (Fsp3) is 0.600. The van der Waals surface area contributed by atoms with E-state index in [0.717, 1.165) is 12.2 Å². The molecule has 0 saturated heterocycles. The molecule has 1 aromatic rings. The lowest BCUT2D eigenvalue weighted by molar-refractivity contribution is 0.271. The average molecular weight is 299 g/mol. The molecule has 0 aliphatic rings. The molecule has 0 aromatic heterocycles. The van der Waals surface area contributed by atoms with Crippen molar-refractivity contribution in [2.24, 2.45) is 11.1 Å². The Bertz CT molecular complexity index is 521. The summed E-state index contributed by atoms with van der Waals surface area (Å²) in [5.41, 5.74) is 1.42. The van der Waals surface area contributed by atoms with Gasteiger partial charge in [0.15, 0.2) is 0 Å². The SMILES string of the molecule is CCC(C)(C)c1ccc(OCC(C)CS(N)(=O)=O)cc1. The number of primary sulfonamides is 1. The maximum atomic E-state index is 11.0. The second-order valence-electron chi connectivity index (χ2n) is 6.01. The molecule has 1 unspecified atom stereocenters. The van der Waals surface area contributed by atoms with Crippen molar-refractivity contribution >= 4 is 10.0 Å². The topological polar surface area (TPSA) is 69.4 Å². The Morgan fingerprint density at radius 2 is 1.80 bits per heavy atom. The summed E-state index contributed by atoms with van der Waals surface area (Å²) in [4.78, 5) is 0. The molecule has 20 heavy (non-hydrogen) atoms. The lowest BCUT2D eigenvalue weighted by Crippen LogP contribution is -2.25. The van der Waals surface area contributed by atoms with E-state index in [0.29, 0.717) is 6.61 Å². The van der Waals surface area contributed by atoms with Crippen LogP contribution in [0.5, 0.6) is 5.75 Å². The van der Waals surface area contributed by atoms with Crippen molar-refractivity contribution in [1.82, 2.24) is 0 Å². The van der Waals surface area contributed by atoms with Gasteiger partial charge in [-0.2, -0.15) is 0 Å². The summed E-state index contributed by atoms with van der Waals surface area (Å²) in [6.45, 7) is 8.72. The number of benzene rings is 1. The Morgan fingerprint density at radius 1 is 1.25 bits per heavy atom. The number of rotatable bonds is 7. The van der Waals surface area contributed by atoms with E-state index in [4.69, 9.17) is 9.88 Å². The first kappa shape index (κ1) is 17.0. The number of sulfonamides is 1. The monoisotopic (exact) mass is 299 g/mol. The van der Waals surface area contributed by atoms with Crippen LogP contribution >= 0.6 is 0 Å². The molecule has 4 nitrogen and oxygen atoms in total. The molecule has 0 radical (unpaired) electrons. The fourth-order valence-corrected chi connectivity index (χ4v) is 2.78. The van der Waals surface area contributed by atoms with Gasteiger partial charge in [0.25, 0.3) is 0 Å². The Labute approximate surface area is 122 Å². The molecule has 0 amide bonds. The lowest BCUT2D eigenvalue weighted by atomic mass is 9.82. The molecule has 114 valence electrons. The molecule has 2 N–H and O–H groups in total. The summed E-state index contributed by atoms with van der Waals surface area (Å²) in [5, 5.41) is 5.01. The van der Waals surface area contributed by atoms with E-state index in [2.05, 4.69) is 32.9 Å². The van der Waals surface area contributed by atoms with Crippen LogP contribution in [-0.2, 0) is 15.4 Å². The quantitative estimate of drug-likeness (QED) is 0.841. The van der Waals surface area contributed by atoms with Crippen LogP contribution in [0, 0.1) is 5.92 Å². The predicted molar refractivity (Wildman–Crippen MR) is 82.4 cm³/mol. The summed E-state index contributed by atoms with van der Waals surface area (Å²) in [5.74, 6) is 0.562. The van der Waals surface area contributed by atoms with Gasteiger partial charge in [0.1, 0.15) is 5.75 Å². The highest BCUT2D eigenvalue weighted by atomic mass is 32.2. The third-order valence-electron chi connectivity index (χ3n) is 3.57. The Balaban J connectivity index is 2.58. The van der Waals surface area contributed by atoms with Gasteiger partial charge in [-0.15, -0.1) is 0 Å². The van der Waals surface area contributed by atoms with Gasteiger partial charge < -0.3 is 4.74 Å². The van der Waals surface area contributed by atoms with Crippen molar-refractivity contribution in [2.75, 3.05) is 12.4 Å². The molecule has 0 saturated carbocycles. The third kappa shape index (κ3) is 5.51. The normalized spacial score (nSPS) is 14.1. The van der Waals surface area contributed by atoms with Crippen molar-refractivity contribution < 1.29 is 13.2 Å². The average Bonchev–Trinajstić information content (AvgIpc) is 2.35. The van der Waals surface area contributed by atoms with Crippen molar-refractivity contribution in [3.8, 4) is 5.75 Å². The maximum absolute atomic E-state index is 11.0. The highest BCUT2D eigenvalue weighted by Crippen LogP contribution is 2.28. The summed E-state index contributed by atoms with van der Waals surface area (Å²) < 4.78 is 27.5.